The first-order valence-corrected chi connectivity index (χ1v) is 5.77. The van der Waals surface area contributed by atoms with Gasteiger partial charge in [0.15, 0.2) is 0 Å². The van der Waals surface area contributed by atoms with Crippen molar-refractivity contribution in [3.05, 3.63) is 65.5 Å². The van der Waals surface area contributed by atoms with Crippen molar-refractivity contribution in [1.82, 2.24) is 0 Å². The first kappa shape index (κ1) is 12.1. The minimum atomic E-state index is -0.484. The monoisotopic (exact) mass is 240 g/mol. The topological polar surface area (TPSA) is 35.8 Å². The number of nitrogens with one attached hydrogen (secondary N) is 1. The Morgan fingerprint density at radius 3 is 2.56 bits per heavy atom. The summed E-state index contributed by atoms with van der Waals surface area (Å²) in [5.41, 5.74) is 2.00. The van der Waals surface area contributed by atoms with Crippen molar-refractivity contribution in [3.8, 4) is 6.07 Å². The van der Waals surface area contributed by atoms with Gasteiger partial charge in [0, 0.05) is 12.2 Å². The maximum absolute atomic E-state index is 13.3. The van der Waals surface area contributed by atoms with E-state index in [1.165, 1.54) is 17.7 Å². The van der Waals surface area contributed by atoms with Gasteiger partial charge in [-0.3, -0.25) is 0 Å². The van der Waals surface area contributed by atoms with Gasteiger partial charge in [0.05, 0.1) is 5.56 Å². The Morgan fingerprint density at radius 1 is 1.11 bits per heavy atom. The summed E-state index contributed by atoms with van der Waals surface area (Å²) in [6.07, 6.45) is 0.877. The normalized spacial score (nSPS) is 9.78. The second-order valence-corrected chi connectivity index (χ2v) is 3.97. The smallest absolute Gasteiger partial charge is 0.143 e. The molecule has 0 heterocycles. The molecule has 2 aromatic rings. The van der Waals surface area contributed by atoms with Crippen LogP contribution in [0.25, 0.3) is 0 Å². The van der Waals surface area contributed by atoms with Crippen LogP contribution >= 0.6 is 0 Å². The summed E-state index contributed by atoms with van der Waals surface area (Å²) in [5, 5.41) is 11.8. The Kier molecular flexibility index (Phi) is 3.93. The molecule has 1 N–H and O–H groups in total. The summed E-state index contributed by atoms with van der Waals surface area (Å²) < 4.78 is 13.3. The molecule has 0 atom stereocenters. The molecular formula is C15H13FN2. The van der Waals surface area contributed by atoms with Crippen molar-refractivity contribution in [2.24, 2.45) is 0 Å². The fraction of sp³-hybridized carbons (Fsp3) is 0.133. The third kappa shape index (κ3) is 3.08. The van der Waals surface area contributed by atoms with Crippen LogP contribution in [-0.4, -0.2) is 6.54 Å². The molecule has 0 saturated heterocycles. The van der Waals surface area contributed by atoms with Crippen LogP contribution in [0.3, 0.4) is 0 Å². The fourth-order valence-electron chi connectivity index (χ4n) is 1.71. The van der Waals surface area contributed by atoms with Crippen LogP contribution < -0.4 is 5.32 Å². The zero-order chi connectivity index (χ0) is 12.8. The molecule has 0 unspecified atom stereocenters. The average molecular weight is 240 g/mol. The van der Waals surface area contributed by atoms with E-state index in [1.54, 1.807) is 12.1 Å². The SMILES string of the molecule is N#Cc1ccc(NCCc2ccccc2)cc1F. The molecule has 2 aromatic carbocycles. The molecule has 0 saturated carbocycles. The lowest BCUT2D eigenvalue weighted by Crippen LogP contribution is -2.05. The minimum Gasteiger partial charge on any atom is -0.385 e. The molecule has 90 valence electrons. The van der Waals surface area contributed by atoms with E-state index in [9.17, 15) is 4.39 Å². The van der Waals surface area contributed by atoms with Gasteiger partial charge in [0.2, 0.25) is 0 Å². The van der Waals surface area contributed by atoms with Gasteiger partial charge in [-0.05, 0) is 30.2 Å². The largest absolute Gasteiger partial charge is 0.385 e. The van der Waals surface area contributed by atoms with E-state index in [0.29, 0.717) is 5.69 Å². The summed E-state index contributed by atoms with van der Waals surface area (Å²) in [6, 6.07) is 16.4. The first-order chi connectivity index (χ1) is 8.79. The number of nitrogens with zero attached hydrogens (tertiary/aromatic N) is 1. The lowest BCUT2D eigenvalue weighted by molar-refractivity contribution is 0.624. The second kappa shape index (κ2) is 5.83. The summed E-state index contributed by atoms with van der Waals surface area (Å²) >= 11 is 0. The van der Waals surface area contributed by atoms with Gasteiger partial charge in [-0.25, -0.2) is 4.39 Å². The van der Waals surface area contributed by atoms with Crippen LogP contribution in [0, 0.1) is 17.1 Å². The Bertz CT molecular complexity index is 558. The van der Waals surface area contributed by atoms with E-state index in [0.717, 1.165) is 13.0 Å². The summed E-state index contributed by atoms with van der Waals surface area (Å²) in [6.45, 7) is 0.732. The maximum Gasteiger partial charge on any atom is 0.143 e. The van der Waals surface area contributed by atoms with Crippen molar-refractivity contribution in [2.75, 3.05) is 11.9 Å². The Balaban J connectivity index is 1.91. The van der Waals surface area contributed by atoms with Crippen LogP contribution in [0.2, 0.25) is 0 Å². The highest BCUT2D eigenvalue weighted by molar-refractivity contribution is 5.48. The van der Waals surface area contributed by atoms with Gasteiger partial charge in [-0.2, -0.15) is 5.26 Å². The summed E-state index contributed by atoms with van der Waals surface area (Å²) in [5.74, 6) is -0.484. The predicted octanol–water partition coefficient (Wildman–Crippen LogP) is 3.35. The predicted molar refractivity (Wildman–Crippen MR) is 69.8 cm³/mol. The highest BCUT2D eigenvalue weighted by Crippen LogP contribution is 2.13. The van der Waals surface area contributed by atoms with Crippen molar-refractivity contribution in [3.63, 3.8) is 0 Å². The van der Waals surface area contributed by atoms with E-state index < -0.39 is 5.82 Å². The van der Waals surface area contributed by atoms with E-state index >= 15 is 0 Å². The highest BCUT2D eigenvalue weighted by atomic mass is 19.1. The van der Waals surface area contributed by atoms with E-state index in [-0.39, 0.29) is 5.56 Å². The van der Waals surface area contributed by atoms with Gasteiger partial charge in [0.1, 0.15) is 11.9 Å². The number of benzene rings is 2. The lowest BCUT2D eigenvalue weighted by Gasteiger charge is -2.06. The Morgan fingerprint density at radius 2 is 1.89 bits per heavy atom. The van der Waals surface area contributed by atoms with E-state index in [4.69, 9.17) is 5.26 Å². The zero-order valence-electron chi connectivity index (χ0n) is 9.86. The van der Waals surface area contributed by atoms with Crippen molar-refractivity contribution < 1.29 is 4.39 Å². The van der Waals surface area contributed by atoms with Crippen LogP contribution in [0.1, 0.15) is 11.1 Å². The average Bonchev–Trinajstić information content (AvgIpc) is 2.40. The minimum absolute atomic E-state index is 0.0728. The van der Waals surface area contributed by atoms with E-state index in [1.807, 2.05) is 18.2 Å². The Hall–Kier alpha value is -2.34. The van der Waals surface area contributed by atoms with Crippen LogP contribution in [0.15, 0.2) is 48.5 Å². The number of hydrogen-bond donors (Lipinski definition) is 1. The molecular weight excluding hydrogens is 227 g/mol. The molecule has 3 heteroatoms. The lowest BCUT2D eigenvalue weighted by atomic mass is 10.1. The maximum atomic E-state index is 13.3. The van der Waals surface area contributed by atoms with Crippen molar-refractivity contribution in [1.29, 1.82) is 5.26 Å². The number of halogens is 1. The number of hydrogen-bond acceptors (Lipinski definition) is 2. The molecule has 0 fully saturated rings. The van der Waals surface area contributed by atoms with E-state index in [2.05, 4.69) is 17.4 Å². The quantitative estimate of drug-likeness (QED) is 0.889. The molecule has 0 spiro atoms. The number of rotatable bonds is 4. The molecule has 0 bridgehead atoms. The molecule has 18 heavy (non-hydrogen) atoms. The van der Waals surface area contributed by atoms with Gasteiger partial charge < -0.3 is 5.32 Å². The van der Waals surface area contributed by atoms with Gasteiger partial charge in [-0.15, -0.1) is 0 Å². The first-order valence-electron chi connectivity index (χ1n) is 5.77. The second-order valence-electron chi connectivity index (χ2n) is 3.97. The molecule has 0 aliphatic carbocycles. The van der Waals surface area contributed by atoms with Gasteiger partial charge in [0.25, 0.3) is 0 Å². The third-order valence-electron chi connectivity index (χ3n) is 2.68. The van der Waals surface area contributed by atoms with Crippen molar-refractivity contribution in [2.45, 2.75) is 6.42 Å². The molecule has 0 aromatic heterocycles. The van der Waals surface area contributed by atoms with Gasteiger partial charge >= 0.3 is 0 Å². The van der Waals surface area contributed by atoms with Crippen molar-refractivity contribution >= 4 is 5.69 Å². The highest BCUT2D eigenvalue weighted by Gasteiger charge is 2.01. The number of nitriles is 1. The molecule has 0 amide bonds. The summed E-state index contributed by atoms with van der Waals surface area (Å²) in [7, 11) is 0. The zero-order valence-corrected chi connectivity index (χ0v) is 9.86. The fourth-order valence-corrected chi connectivity index (χ4v) is 1.71. The third-order valence-corrected chi connectivity index (χ3v) is 2.68. The van der Waals surface area contributed by atoms with Crippen LogP contribution in [0.4, 0.5) is 10.1 Å². The molecule has 2 nitrogen and oxygen atoms in total. The standard InChI is InChI=1S/C15H13FN2/c16-15-10-14(7-6-13(15)11-17)18-9-8-12-4-2-1-3-5-12/h1-7,10,18H,8-9H2. The van der Waals surface area contributed by atoms with Gasteiger partial charge in [-0.1, -0.05) is 30.3 Å². The Labute approximate surface area is 106 Å². The molecule has 2 rings (SSSR count). The molecule has 0 aliphatic rings. The molecule has 0 radical (unpaired) electrons. The van der Waals surface area contributed by atoms with Crippen LogP contribution in [0.5, 0.6) is 0 Å². The van der Waals surface area contributed by atoms with Crippen LogP contribution in [-0.2, 0) is 6.42 Å². The summed E-state index contributed by atoms with van der Waals surface area (Å²) in [4.78, 5) is 0. The molecule has 0 aliphatic heterocycles. The number of anilines is 1.